The van der Waals surface area contributed by atoms with Crippen LogP contribution in [0.15, 0.2) is 48.5 Å². The van der Waals surface area contributed by atoms with E-state index in [0.29, 0.717) is 29.6 Å². The molecule has 3 aromatic rings. The van der Waals surface area contributed by atoms with E-state index in [1.807, 2.05) is 6.07 Å². The topological polar surface area (TPSA) is 105 Å². The second kappa shape index (κ2) is 9.93. The molecular formula is C22H25ClN6O. The van der Waals surface area contributed by atoms with E-state index in [1.165, 1.54) is 11.1 Å². The van der Waals surface area contributed by atoms with E-state index in [0.717, 1.165) is 17.7 Å². The molecule has 1 aromatic heterocycles. The van der Waals surface area contributed by atoms with Gasteiger partial charge in [-0.2, -0.15) is 4.98 Å². The van der Waals surface area contributed by atoms with Crippen LogP contribution in [0.25, 0.3) is 11.3 Å². The Hall–Kier alpha value is -3.32. The number of hydrogen-bond acceptors (Lipinski definition) is 5. The molecule has 0 aliphatic carbocycles. The van der Waals surface area contributed by atoms with E-state index in [-0.39, 0.29) is 12.0 Å². The van der Waals surface area contributed by atoms with Gasteiger partial charge in [0.25, 0.3) is 0 Å². The van der Waals surface area contributed by atoms with Gasteiger partial charge in [0.2, 0.25) is 5.95 Å². The van der Waals surface area contributed by atoms with Crippen molar-refractivity contribution in [1.82, 2.24) is 15.3 Å². The number of urea groups is 1. The molecule has 2 amide bonds. The van der Waals surface area contributed by atoms with Crippen LogP contribution in [0.2, 0.25) is 5.02 Å². The van der Waals surface area contributed by atoms with Gasteiger partial charge in [0.1, 0.15) is 5.82 Å². The molecule has 0 unspecified atom stereocenters. The van der Waals surface area contributed by atoms with E-state index < -0.39 is 0 Å². The highest BCUT2D eigenvalue weighted by Gasteiger charge is 2.07. The molecule has 30 heavy (non-hydrogen) atoms. The standard InChI is InChI=1S/C22H25ClN6O/c1-14-10-15(2)12-16(11-14)19-13-20(29-21(24)28-19)25-8-3-9-26-22(30)27-18-6-4-17(23)5-7-18/h4-7,10-13H,3,8-9H2,1-2H3,(H2,26,27,30)(H3,24,25,28,29). The highest BCUT2D eigenvalue weighted by atomic mass is 35.5. The first-order chi connectivity index (χ1) is 14.4. The van der Waals surface area contributed by atoms with Crippen molar-refractivity contribution in [3.63, 3.8) is 0 Å². The smallest absolute Gasteiger partial charge is 0.319 e. The Morgan fingerprint density at radius 3 is 2.40 bits per heavy atom. The minimum absolute atomic E-state index is 0.217. The molecule has 0 spiro atoms. The lowest BCUT2D eigenvalue weighted by Crippen LogP contribution is -2.30. The number of benzene rings is 2. The van der Waals surface area contributed by atoms with Crippen molar-refractivity contribution < 1.29 is 4.79 Å². The first-order valence-electron chi connectivity index (χ1n) is 9.66. The monoisotopic (exact) mass is 424 g/mol. The van der Waals surface area contributed by atoms with Gasteiger partial charge in [0.05, 0.1) is 5.69 Å². The molecule has 0 saturated heterocycles. The number of nitrogens with one attached hydrogen (secondary N) is 3. The minimum atomic E-state index is -0.263. The third-order valence-corrected chi connectivity index (χ3v) is 4.56. The summed E-state index contributed by atoms with van der Waals surface area (Å²) in [6, 6.07) is 14.8. The Kier molecular flexibility index (Phi) is 7.08. The highest BCUT2D eigenvalue weighted by molar-refractivity contribution is 6.30. The average Bonchev–Trinajstić information content (AvgIpc) is 2.68. The fraction of sp³-hybridized carbons (Fsp3) is 0.227. The van der Waals surface area contributed by atoms with Crippen LogP contribution in [0.3, 0.4) is 0 Å². The molecule has 2 aromatic carbocycles. The lowest BCUT2D eigenvalue weighted by molar-refractivity contribution is 0.252. The minimum Gasteiger partial charge on any atom is -0.370 e. The molecule has 1 heterocycles. The molecule has 7 nitrogen and oxygen atoms in total. The molecule has 0 aliphatic rings. The first kappa shape index (κ1) is 21.4. The Morgan fingerprint density at radius 2 is 1.70 bits per heavy atom. The van der Waals surface area contributed by atoms with Crippen molar-refractivity contribution in [2.24, 2.45) is 0 Å². The van der Waals surface area contributed by atoms with Gasteiger partial charge >= 0.3 is 6.03 Å². The molecule has 8 heteroatoms. The number of rotatable bonds is 7. The van der Waals surface area contributed by atoms with Crippen LogP contribution in [-0.2, 0) is 0 Å². The maximum Gasteiger partial charge on any atom is 0.319 e. The molecule has 0 bridgehead atoms. The summed E-state index contributed by atoms with van der Waals surface area (Å²) in [6.45, 7) is 5.24. The van der Waals surface area contributed by atoms with Crippen molar-refractivity contribution >= 4 is 35.1 Å². The summed E-state index contributed by atoms with van der Waals surface area (Å²) in [5, 5.41) is 9.43. The van der Waals surface area contributed by atoms with Crippen LogP contribution in [-0.4, -0.2) is 29.1 Å². The second-order valence-corrected chi connectivity index (χ2v) is 7.48. The number of nitrogen functional groups attached to an aromatic ring is 1. The number of amides is 2. The summed E-state index contributed by atoms with van der Waals surface area (Å²) >= 11 is 5.83. The van der Waals surface area contributed by atoms with Crippen LogP contribution in [0.1, 0.15) is 17.5 Å². The fourth-order valence-corrected chi connectivity index (χ4v) is 3.17. The van der Waals surface area contributed by atoms with E-state index in [4.69, 9.17) is 17.3 Å². The van der Waals surface area contributed by atoms with Crippen LogP contribution in [0.5, 0.6) is 0 Å². The summed E-state index contributed by atoms with van der Waals surface area (Å²) in [7, 11) is 0. The lowest BCUT2D eigenvalue weighted by atomic mass is 10.0. The maximum absolute atomic E-state index is 11.9. The SMILES string of the molecule is Cc1cc(C)cc(-c2cc(NCCCNC(=O)Nc3ccc(Cl)cc3)nc(N)n2)c1. The zero-order valence-corrected chi connectivity index (χ0v) is 17.8. The number of anilines is 3. The van der Waals surface area contributed by atoms with Gasteiger partial charge in [-0.05, 0) is 56.7 Å². The normalized spacial score (nSPS) is 10.5. The molecule has 5 N–H and O–H groups in total. The van der Waals surface area contributed by atoms with Gasteiger partial charge in [-0.1, -0.05) is 28.8 Å². The largest absolute Gasteiger partial charge is 0.370 e. The van der Waals surface area contributed by atoms with Gasteiger partial charge in [0.15, 0.2) is 0 Å². The van der Waals surface area contributed by atoms with E-state index in [1.54, 1.807) is 24.3 Å². The predicted molar refractivity (Wildman–Crippen MR) is 123 cm³/mol. The van der Waals surface area contributed by atoms with Crippen LogP contribution < -0.4 is 21.7 Å². The van der Waals surface area contributed by atoms with Crippen molar-refractivity contribution in [1.29, 1.82) is 0 Å². The molecule has 0 atom stereocenters. The van der Waals surface area contributed by atoms with Gasteiger partial charge in [-0.25, -0.2) is 9.78 Å². The molecule has 0 radical (unpaired) electrons. The van der Waals surface area contributed by atoms with Crippen LogP contribution >= 0.6 is 11.6 Å². The number of hydrogen-bond donors (Lipinski definition) is 4. The van der Waals surface area contributed by atoms with Crippen molar-refractivity contribution in [3.8, 4) is 11.3 Å². The Morgan fingerprint density at radius 1 is 1.00 bits per heavy atom. The van der Waals surface area contributed by atoms with Crippen molar-refractivity contribution in [3.05, 3.63) is 64.7 Å². The zero-order chi connectivity index (χ0) is 21.5. The zero-order valence-electron chi connectivity index (χ0n) is 17.0. The fourth-order valence-electron chi connectivity index (χ4n) is 3.04. The number of carbonyl (C=O) groups excluding carboxylic acids is 1. The van der Waals surface area contributed by atoms with Gasteiger partial charge in [-0.15, -0.1) is 0 Å². The average molecular weight is 425 g/mol. The molecular weight excluding hydrogens is 400 g/mol. The summed E-state index contributed by atoms with van der Waals surface area (Å²) in [6.07, 6.45) is 0.719. The van der Waals surface area contributed by atoms with Gasteiger partial charge in [0, 0.05) is 35.4 Å². The summed E-state index contributed by atoms with van der Waals surface area (Å²) in [4.78, 5) is 20.5. The Balaban J connectivity index is 1.48. The molecule has 3 rings (SSSR count). The lowest BCUT2D eigenvalue weighted by Gasteiger charge is -2.10. The van der Waals surface area contributed by atoms with Crippen LogP contribution in [0.4, 0.5) is 22.2 Å². The number of aromatic nitrogens is 2. The molecule has 0 fully saturated rings. The van der Waals surface area contributed by atoms with E-state index in [9.17, 15) is 4.79 Å². The Bertz CT molecular complexity index is 1000. The second-order valence-electron chi connectivity index (χ2n) is 7.04. The quantitative estimate of drug-likeness (QED) is 0.414. The third-order valence-electron chi connectivity index (χ3n) is 4.31. The number of carbonyl (C=O) groups is 1. The first-order valence-corrected chi connectivity index (χ1v) is 10.0. The molecule has 0 aliphatic heterocycles. The third kappa shape index (κ3) is 6.35. The molecule has 156 valence electrons. The van der Waals surface area contributed by atoms with Crippen molar-refractivity contribution in [2.75, 3.05) is 29.5 Å². The number of nitrogens with two attached hydrogens (primary N) is 1. The maximum atomic E-state index is 11.9. The summed E-state index contributed by atoms with van der Waals surface area (Å²) in [5.74, 6) is 0.872. The number of nitrogens with zero attached hydrogens (tertiary/aromatic N) is 2. The Labute approximate surface area is 181 Å². The van der Waals surface area contributed by atoms with E-state index in [2.05, 4.69) is 58.0 Å². The predicted octanol–water partition coefficient (Wildman–Crippen LogP) is 4.62. The number of halogens is 1. The molecule has 0 saturated carbocycles. The van der Waals surface area contributed by atoms with Crippen LogP contribution in [0, 0.1) is 13.8 Å². The van der Waals surface area contributed by atoms with Gasteiger partial charge in [-0.3, -0.25) is 0 Å². The highest BCUT2D eigenvalue weighted by Crippen LogP contribution is 2.23. The number of aryl methyl sites for hydroxylation is 2. The summed E-state index contributed by atoms with van der Waals surface area (Å²) in [5.41, 5.74) is 10.7. The van der Waals surface area contributed by atoms with Gasteiger partial charge < -0.3 is 21.7 Å². The van der Waals surface area contributed by atoms with E-state index >= 15 is 0 Å². The summed E-state index contributed by atoms with van der Waals surface area (Å²) < 4.78 is 0. The van der Waals surface area contributed by atoms with Crippen molar-refractivity contribution in [2.45, 2.75) is 20.3 Å².